The van der Waals surface area contributed by atoms with Gasteiger partial charge in [-0.05, 0) is 18.6 Å². The summed E-state index contributed by atoms with van der Waals surface area (Å²) in [6, 6.07) is 10.3. The Kier molecular flexibility index (Phi) is 2.13. The van der Waals surface area contributed by atoms with Gasteiger partial charge in [0.25, 0.3) is 0 Å². The number of aromatic nitrogens is 1. The lowest BCUT2D eigenvalue weighted by Gasteiger charge is -1.95. The summed E-state index contributed by atoms with van der Waals surface area (Å²) < 4.78 is 1.90. The second-order valence-electron chi connectivity index (χ2n) is 2.93. The van der Waals surface area contributed by atoms with Crippen LogP contribution in [-0.4, -0.2) is 10.9 Å². The van der Waals surface area contributed by atoms with Crippen LogP contribution in [0.3, 0.4) is 0 Å². The van der Waals surface area contributed by atoms with Crippen molar-refractivity contribution in [3.8, 4) is 0 Å². The van der Waals surface area contributed by atoms with E-state index >= 15 is 0 Å². The van der Waals surface area contributed by atoms with E-state index in [0.717, 1.165) is 11.9 Å². The molecule has 0 fully saturated rings. The van der Waals surface area contributed by atoms with Crippen LogP contribution < -0.4 is 0 Å². The number of nitrogens with zero attached hydrogens (tertiary/aromatic N) is 2. The molecule has 0 aliphatic rings. The maximum absolute atomic E-state index is 4.30. The lowest BCUT2D eigenvalue weighted by molar-refractivity contribution is 0.926. The predicted molar refractivity (Wildman–Crippen MR) is 56.1 cm³/mol. The molecule has 0 N–H and O–H groups in total. The molecule has 2 nitrogen and oxygen atoms in total. The fourth-order valence-corrected chi connectivity index (χ4v) is 1.34. The molecule has 0 saturated carbocycles. The van der Waals surface area contributed by atoms with Crippen molar-refractivity contribution in [1.29, 1.82) is 0 Å². The van der Waals surface area contributed by atoms with Crippen molar-refractivity contribution >= 4 is 17.1 Å². The maximum Gasteiger partial charge on any atom is 0.0718 e. The standard InChI is InChI=1S/C11H12N2/c1-2-8-12-13-9-7-10-5-3-4-6-11(10)13/h3-9H,2H2,1H3/b12-8+. The average molecular weight is 172 g/mol. The van der Waals surface area contributed by atoms with E-state index in [-0.39, 0.29) is 0 Å². The highest BCUT2D eigenvalue weighted by molar-refractivity contribution is 5.80. The van der Waals surface area contributed by atoms with E-state index in [1.165, 1.54) is 5.39 Å². The van der Waals surface area contributed by atoms with Gasteiger partial charge in [0.1, 0.15) is 0 Å². The van der Waals surface area contributed by atoms with Crippen LogP contribution in [0.4, 0.5) is 0 Å². The molecule has 13 heavy (non-hydrogen) atoms. The Labute approximate surface area is 77.5 Å². The highest BCUT2D eigenvalue weighted by Crippen LogP contribution is 2.14. The monoisotopic (exact) mass is 172 g/mol. The summed E-state index contributed by atoms with van der Waals surface area (Å²) in [4.78, 5) is 0. The molecular weight excluding hydrogens is 160 g/mol. The fraction of sp³-hybridized carbons (Fsp3) is 0.182. The largest absolute Gasteiger partial charge is 0.241 e. The van der Waals surface area contributed by atoms with Gasteiger partial charge in [0.05, 0.1) is 5.52 Å². The van der Waals surface area contributed by atoms with E-state index in [2.05, 4.69) is 30.2 Å². The lowest BCUT2D eigenvalue weighted by atomic mass is 10.3. The van der Waals surface area contributed by atoms with Crippen LogP contribution in [-0.2, 0) is 0 Å². The average Bonchev–Trinajstić information content (AvgIpc) is 2.58. The number of fused-ring (bicyclic) bond motifs is 1. The van der Waals surface area contributed by atoms with Gasteiger partial charge < -0.3 is 0 Å². The third-order valence-electron chi connectivity index (χ3n) is 1.97. The molecular formula is C11H12N2. The molecule has 0 spiro atoms. The molecule has 0 atom stereocenters. The van der Waals surface area contributed by atoms with Crippen molar-refractivity contribution in [1.82, 2.24) is 4.68 Å². The molecule has 0 amide bonds. The summed E-state index contributed by atoms with van der Waals surface area (Å²) >= 11 is 0. The number of benzene rings is 1. The van der Waals surface area contributed by atoms with Gasteiger partial charge in [0, 0.05) is 17.8 Å². The second-order valence-corrected chi connectivity index (χ2v) is 2.93. The Morgan fingerprint density at radius 2 is 2.15 bits per heavy atom. The zero-order valence-corrected chi connectivity index (χ0v) is 7.64. The highest BCUT2D eigenvalue weighted by Gasteiger charge is 1.95. The lowest BCUT2D eigenvalue weighted by Crippen LogP contribution is -1.85. The van der Waals surface area contributed by atoms with Crippen LogP contribution in [0.5, 0.6) is 0 Å². The first kappa shape index (κ1) is 8.05. The van der Waals surface area contributed by atoms with Gasteiger partial charge in [-0.25, -0.2) is 4.68 Å². The van der Waals surface area contributed by atoms with Crippen molar-refractivity contribution in [3.05, 3.63) is 36.5 Å². The van der Waals surface area contributed by atoms with E-state index in [1.54, 1.807) is 0 Å². The third kappa shape index (κ3) is 1.47. The van der Waals surface area contributed by atoms with Crippen molar-refractivity contribution in [2.24, 2.45) is 5.10 Å². The van der Waals surface area contributed by atoms with Crippen LogP contribution in [0.1, 0.15) is 13.3 Å². The van der Waals surface area contributed by atoms with E-state index in [0.29, 0.717) is 0 Å². The topological polar surface area (TPSA) is 17.3 Å². The van der Waals surface area contributed by atoms with E-state index in [4.69, 9.17) is 0 Å². The molecule has 1 aromatic heterocycles. The summed E-state index contributed by atoms with van der Waals surface area (Å²) in [5.74, 6) is 0. The Balaban J connectivity index is 2.52. The number of rotatable bonds is 2. The first-order chi connectivity index (χ1) is 6.42. The quantitative estimate of drug-likeness (QED) is 0.620. The van der Waals surface area contributed by atoms with Gasteiger partial charge in [0.2, 0.25) is 0 Å². The van der Waals surface area contributed by atoms with Crippen molar-refractivity contribution < 1.29 is 0 Å². The third-order valence-corrected chi connectivity index (χ3v) is 1.97. The molecule has 0 saturated heterocycles. The minimum Gasteiger partial charge on any atom is -0.241 e. The zero-order chi connectivity index (χ0) is 9.10. The van der Waals surface area contributed by atoms with Gasteiger partial charge in [-0.2, -0.15) is 5.10 Å². The van der Waals surface area contributed by atoms with Crippen LogP contribution in [0.2, 0.25) is 0 Å². The van der Waals surface area contributed by atoms with E-state index < -0.39 is 0 Å². The molecule has 0 radical (unpaired) electrons. The Bertz CT molecular complexity index is 426. The molecule has 1 heterocycles. The SMILES string of the molecule is CC/C=N/n1ccc2ccccc21. The van der Waals surface area contributed by atoms with Crippen molar-refractivity contribution in [3.63, 3.8) is 0 Å². The molecule has 0 unspecified atom stereocenters. The van der Waals surface area contributed by atoms with Gasteiger partial charge in [-0.3, -0.25) is 0 Å². The fourth-order valence-electron chi connectivity index (χ4n) is 1.34. The smallest absolute Gasteiger partial charge is 0.0718 e. The Hall–Kier alpha value is -1.57. The first-order valence-electron chi connectivity index (χ1n) is 4.50. The Morgan fingerprint density at radius 1 is 1.31 bits per heavy atom. The normalized spacial score (nSPS) is 11.5. The molecule has 66 valence electrons. The van der Waals surface area contributed by atoms with Crippen molar-refractivity contribution in [2.45, 2.75) is 13.3 Å². The van der Waals surface area contributed by atoms with Crippen molar-refractivity contribution in [2.75, 3.05) is 0 Å². The van der Waals surface area contributed by atoms with Crippen LogP contribution in [0, 0.1) is 0 Å². The van der Waals surface area contributed by atoms with E-state index in [1.807, 2.05) is 29.2 Å². The minimum atomic E-state index is 0.965. The summed E-state index contributed by atoms with van der Waals surface area (Å²) in [6.07, 6.45) is 4.86. The van der Waals surface area contributed by atoms with Crippen LogP contribution >= 0.6 is 0 Å². The first-order valence-corrected chi connectivity index (χ1v) is 4.50. The number of hydrogen-bond acceptors (Lipinski definition) is 1. The molecule has 2 heteroatoms. The number of hydrogen-bond donors (Lipinski definition) is 0. The summed E-state index contributed by atoms with van der Waals surface area (Å²) in [6.45, 7) is 2.08. The highest BCUT2D eigenvalue weighted by atomic mass is 15.3. The molecule has 0 bridgehead atoms. The summed E-state index contributed by atoms with van der Waals surface area (Å²) in [5, 5.41) is 5.54. The van der Waals surface area contributed by atoms with Gasteiger partial charge in [-0.15, -0.1) is 0 Å². The second kappa shape index (κ2) is 3.44. The molecule has 0 aliphatic heterocycles. The predicted octanol–water partition coefficient (Wildman–Crippen LogP) is 2.89. The van der Waals surface area contributed by atoms with Crippen LogP contribution in [0.15, 0.2) is 41.6 Å². The molecule has 2 rings (SSSR count). The van der Waals surface area contributed by atoms with Crippen LogP contribution in [0.25, 0.3) is 10.9 Å². The number of para-hydroxylation sites is 1. The Morgan fingerprint density at radius 3 is 3.00 bits per heavy atom. The maximum atomic E-state index is 4.30. The molecule has 0 aliphatic carbocycles. The van der Waals surface area contributed by atoms with Gasteiger partial charge in [0.15, 0.2) is 0 Å². The van der Waals surface area contributed by atoms with Gasteiger partial charge in [-0.1, -0.05) is 25.1 Å². The summed E-state index contributed by atoms with van der Waals surface area (Å²) in [7, 11) is 0. The molecule has 2 aromatic rings. The minimum absolute atomic E-state index is 0.965. The van der Waals surface area contributed by atoms with E-state index in [9.17, 15) is 0 Å². The van der Waals surface area contributed by atoms with Gasteiger partial charge >= 0.3 is 0 Å². The zero-order valence-electron chi connectivity index (χ0n) is 7.64. The summed E-state index contributed by atoms with van der Waals surface area (Å²) in [5.41, 5.74) is 1.16. The molecule has 1 aromatic carbocycles.